The minimum atomic E-state index is -4.90. The number of aromatic nitrogens is 1. The Hall–Kier alpha value is -2.67. The second-order valence-corrected chi connectivity index (χ2v) is 10.8. The van der Waals surface area contributed by atoms with Crippen molar-refractivity contribution in [2.24, 2.45) is 0 Å². The SMILES string of the molecule is CS(=O)(=O)CC(=O)N[C@@H](CCCSCC(=O)C(F)(F)F)C(=O)NCc1cnc2ccccc2c1. The second kappa shape index (κ2) is 12.2. The molecule has 0 saturated heterocycles. The number of sulfone groups is 1. The van der Waals surface area contributed by atoms with E-state index in [0.717, 1.165) is 28.9 Å². The molecule has 0 saturated carbocycles. The highest BCUT2D eigenvalue weighted by atomic mass is 32.2. The fourth-order valence-corrected chi connectivity index (χ4v) is 4.33. The fraction of sp³-hybridized carbons (Fsp3) is 0.429. The number of nitrogens with one attached hydrogen (secondary N) is 2. The molecule has 186 valence electrons. The molecule has 2 aromatic rings. The van der Waals surface area contributed by atoms with Crippen molar-refractivity contribution in [2.75, 3.05) is 23.5 Å². The molecular weight excluding hydrogens is 495 g/mol. The average Bonchev–Trinajstić information content (AvgIpc) is 2.74. The van der Waals surface area contributed by atoms with Crippen LogP contribution >= 0.6 is 11.8 Å². The number of nitrogens with zero attached hydrogens (tertiary/aromatic N) is 1. The number of carbonyl (C=O) groups is 3. The predicted octanol–water partition coefficient (Wildman–Crippen LogP) is 2.03. The minimum Gasteiger partial charge on any atom is -0.350 e. The van der Waals surface area contributed by atoms with Crippen LogP contribution in [0, 0.1) is 0 Å². The smallest absolute Gasteiger partial charge is 0.350 e. The van der Waals surface area contributed by atoms with Gasteiger partial charge in [-0.3, -0.25) is 19.4 Å². The van der Waals surface area contributed by atoms with Crippen molar-refractivity contribution in [1.82, 2.24) is 15.6 Å². The maximum Gasteiger partial charge on any atom is 0.450 e. The van der Waals surface area contributed by atoms with Gasteiger partial charge in [0.25, 0.3) is 0 Å². The maximum absolute atomic E-state index is 12.7. The molecule has 2 rings (SSSR count). The van der Waals surface area contributed by atoms with Gasteiger partial charge in [0.2, 0.25) is 17.6 Å². The number of carbonyl (C=O) groups excluding carboxylic acids is 3. The van der Waals surface area contributed by atoms with E-state index in [-0.39, 0.29) is 25.1 Å². The topological polar surface area (TPSA) is 122 Å². The number of pyridine rings is 1. The van der Waals surface area contributed by atoms with Crippen molar-refractivity contribution in [2.45, 2.75) is 31.6 Å². The van der Waals surface area contributed by atoms with E-state index in [2.05, 4.69) is 15.6 Å². The normalized spacial score (nSPS) is 12.8. The average molecular weight is 520 g/mol. The third-order valence-corrected chi connectivity index (χ3v) is 6.32. The highest BCUT2D eigenvalue weighted by Crippen LogP contribution is 2.19. The van der Waals surface area contributed by atoms with Gasteiger partial charge >= 0.3 is 6.18 Å². The van der Waals surface area contributed by atoms with Gasteiger partial charge < -0.3 is 10.6 Å². The molecule has 0 radical (unpaired) electrons. The first-order valence-electron chi connectivity index (χ1n) is 10.1. The Kier molecular flexibility index (Phi) is 9.86. The number of benzene rings is 1. The van der Waals surface area contributed by atoms with Crippen LogP contribution in [-0.2, 0) is 30.8 Å². The lowest BCUT2D eigenvalue weighted by molar-refractivity contribution is -0.167. The van der Waals surface area contributed by atoms with E-state index in [1.54, 1.807) is 6.20 Å². The molecule has 34 heavy (non-hydrogen) atoms. The molecule has 0 unspecified atom stereocenters. The highest BCUT2D eigenvalue weighted by Gasteiger charge is 2.37. The molecule has 13 heteroatoms. The summed E-state index contributed by atoms with van der Waals surface area (Å²) in [5, 5.41) is 5.89. The number of hydrogen-bond donors (Lipinski definition) is 2. The van der Waals surface area contributed by atoms with Gasteiger partial charge in [-0.25, -0.2) is 8.42 Å². The Bertz CT molecular complexity index is 1140. The summed E-state index contributed by atoms with van der Waals surface area (Å²) in [6.07, 6.45) is -2.17. The van der Waals surface area contributed by atoms with Crippen LogP contribution in [0.25, 0.3) is 10.9 Å². The zero-order valence-corrected chi connectivity index (χ0v) is 19.9. The van der Waals surface area contributed by atoms with Crippen LogP contribution in [0.5, 0.6) is 0 Å². The molecule has 1 aromatic carbocycles. The number of para-hydroxylation sites is 1. The molecule has 0 fully saturated rings. The van der Waals surface area contributed by atoms with E-state index in [1.165, 1.54) is 0 Å². The van der Waals surface area contributed by atoms with Gasteiger partial charge in [0.05, 0.1) is 11.3 Å². The third kappa shape index (κ3) is 9.67. The van der Waals surface area contributed by atoms with E-state index in [1.807, 2.05) is 30.3 Å². The Balaban J connectivity index is 1.95. The summed E-state index contributed by atoms with van der Waals surface area (Å²) in [5.74, 6) is -4.70. The van der Waals surface area contributed by atoms with Crippen LogP contribution in [0.4, 0.5) is 13.2 Å². The summed E-state index contributed by atoms with van der Waals surface area (Å²) in [5.41, 5.74) is 1.49. The lowest BCUT2D eigenvalue weighted by atomic mass is 10.1. The Labute approximate surface area is 199 Å². The van der Waals surface area contributed by atoms with Gasteiger partial charge in [-0.05, 0) is 36.3 Å². The zero-order chi connectivity index (χ0) is 25.4. The molecule has 2 amide bonds. The lowest BCUT2D eigenvalue weighted by Crippen LogP contribution is -2.48. The molecule has 0 spiro atoms. The Morgan fingerprint density at radius 2 is 1.88 bits per heavy atom. The van der Waals surface area contributed by atoms with Gasteiger partial charge in [-0.2, -0.15) is 24.9 Å². The number of ketones is 1. The summed E-state index contributed by atoms with van der Waals surface area (Å²) in [4.78, 5) is 39.9. The van der Waals surface area contributed by atoms with Crippen LogP contribution < -0.4 is 10.6 Å². The van der Waals surface area contributed by atoms with Crippen molar-refractivity contribution < 1.29 is 36.0 Å². The second-order valence-electron chi connectivity index (χ2n) is 7.56. The number of fused-ring (bicyclic) bond motifs is 1. The molecule has 0 aliphatic rings. The third-order valence-electron chi connectivity index (χ3n) is 4.49. The number of rotatable bonds is 12. The highest BCUT2D eigenvalue weighted by molar-refractivity contribution is 7.99. The van der Waals surface area contributed by atoms with E-state index >= 15 is 0 Å². The number of alkyl halides is 3. The first-order valence-corrected chi connectivity index (χ1v) is 13.3. The van der Waals surface area contributed by atoms with Crippen LogP contribution in [0.1, 0.15) is 18.4 Å². The van der Waals surface area contributed by atoms with Crippen LogP contribution in [0.2, 0.25) is 0 Å². The molecule has 1 atom stereocenters. The largest absolute Gasteiger partial charge is 0.450 e. The predicted molar refractivity (Wildman–Crippen MR) is 123 cm³/mol. The molecule has 0 aliphatic carbocycles. The molecule has 1 aromatic heterocycles. The van der Waals surface area contributed by atoms with Crippen molar-refractivity contribution in [3.05, 3.63) is 42.1 Å². The van der Waals surface area contributed by atoms with Crippen LogP contribution in [-0.4, -0.2) is 66.7 Å². The first kappa shape index (κ1) is 27.6. The number of amides is 2. The van der Waals surface area contributed by atoms with Gasteiger partial charge in [0.15, 0.2) is 9.84 Å². The standard InChI is InChI=1S/C21H24F3N3O5S2/c1-34(31,32)13-19(29)27-17(7-4-8-33-12-18(28)21(22,23)24)20(30)26-11-14-9-15-5-2-3-6-16(15)25-10-14/h2-3,5-6,9-10,17H,4,7-8,11-13H2,1H3,(H,26,30)(H,27,29)/t17-/m0/s1. The van der Waals surface area contributed by atoms with E-state index in [4.69, 9.17) is 0 Å². The van der Waals surface area contributed by atoms with Crippen molar-refractivity contribution in [3.63, 3.8) is 0 Å². The number of thioether (sulfide) groups is 1. The minimum absolute atomic E-state index is 0.0461. The zero-order valence-electron chi connectivity index (χ0n) is 18.2. The van der Waals surface area contributed by atoms with E-state index in [9.17, 15) is 36.0 Å². The first-order chi connectivity index (χ1) is 15.8. The monoisotopic (exact) mass is 519 g/mol. The number of halogens is 3. The molecule has 1 heterocycles. The van der Waals surface area contributed by atoms with Crippen molar-refractivity contribution in [1.29, 1.82) is 0 Å². The molecular formula is C21H24F3N3O5S2. The van der Waals surface area contributed by atoms with Gasteiger partial charge in [0.1, 0.15) is 11.8 Å². The summed E-state index contributed by atoms with van der Waals surface area (Å²) < 4.78 is 59.5. The van der Waals surface area contributed by atoms with Crippen LogP contribution in [0.3, 0.4) is 0 Å². The van der Waals surface area contributed by atoms with E-state index < -0.39 is 51.2 Å². The summed E-state index contributed by atoms with van der Waals surface area (Å²) in [6.45, 7) is 0.101. The number of Topliss-reactive ketones (excluding diaryl/α,β-unsaturated/α-hetero) is 1. The maximum atomic E-state index is 12.7. The van der Waals surface area contributed by atoms with Crippen molar-refractivity contribution >= 4 is 50.1 Å². The van der Waals surface area contributed by atoms with Crippen LogP contribution in [0.15, 0.2) is 36.5 Å². The molecule has 0 bridgehead atoms. The van der Waals surface area contributed by atoms with Gasteiger partial charge in [-0.1, -0.05) is 18.2 Å². The molecule has 0 aliphatic heterocycles. The van der Waals surface area contributed by atoms with E-state index in [0.29, 0.717) is 5.56 Å². The molecule has 2 N–H and O–H groups in total. The van der Waals surface area contributed by atoms with Gasteiger partial charge in [0, 0.05) is 24.4 Å². The fourth-order valence-electron chi connectivity index (χ4n) is 2.90. The molecule has 8 nitrogen and oxygen atoms in total. The summed E-state index contributed by atoms with van der Waals surface area (Å²) >= 11 is 0.764. The quantitative estimate of drug-likeness (QED) is 0.412. The van der Waals surface area contributed by atoms with Crippen molar-refractivity contribution in [3.8, 4) is 0 Å². The lowest BCUT2D eigenvalue weighted by Gasteiger charge is -2.18. The Morgan fingerprint density at radius 1 is 1.18 bits per heavy atom. The number of hydrogen-bond acceptors (Lipinski definition) is 7. The Morgan fingerprint density at radius 3 is 2.56 bits per heavy atom. The summed E-state index contributed by atoms with van der Waals surface area (Å²) in [7, 11) is -3.62. The van der Waals surface area contributed by atoms with Gasteiger partial charge in [-0.15, -0.1) is 0 Å². The summed E-state index contributed by atoms with van der Waals surface area (Å²) in [6, 6.07) is 8.14.